The first-order chi connectivity index (χ1) is 7.96. The number of unbranched alkanes of at least 4 members (excludes halogenated alkanes) is 1. The second-order valence-electron chi connectivity index (χ2n) is 3.84. The summed E-state index contributed by atoms with van der Waals surface area (Å²) in [6.45, 7) is 3.32. The number of ether oxygens (including phenoxy) is 1. The third kappa shape index (κ3) is 6.32. The third-order valence-electron chi connectivity index (χ3n) is 2.40. The van der Waals surface area contributed by atoms with Gasteiger partial charge in [0.2, 0.25) is 0 Å². The normalized spacial score (nSPS) is 12.6. The minimum absolute atomic E-state index is 0.0487. The molecule has 0 saturated carbocycles. The Balaban J connectivity index is 4.10. The van der Waals surface area contributed by atoms with E-state index < -0.39 is 10.2 Å². The Morgan fingerprint density at radius 2 is 1.71 bits per heavy atom. The summed E-state index contributed by atoms with van der Waals surface area (Å²) in [6, 6.07) is 0. The van der Waals surface area contributed by atoms with Crippen LogP contribution >= 0.6 is 0 Å². The number of likely N-dealkylation sites (N-methyl/N-ethyl adjacent to an activating group) is 1. The molecule has 0 radical (unpaired) electrons. The third-order valence-corrected chi connectivity index (χ3v) is 4.34. The molecule has 6 nitrogen and oxygen atoms in total. The zero-order valence-electron chi connectivity index (χ0n) is 10.9. The van der Waals surface area contributed by atoms with Crippen LogP contribution in [0.5, 0.6) is 0 Å². The first-order valence-corrected chi connectivity index (χ1v) is 7.22. The van der Waals surface area contributed by atoms with Crippen LogP contribution in [0.15, 0.2) is 0 Å². The van der Waals surface area contributed by atoms with E-state index in [0.29, 0.717) is 13.1 Å². The fourth-order valence-corrected chi connectivity index (χ4v) is 2.35. The van der Waals surface area contributed by atoms with E-state index in [1.165, 1.54) is 15.7 Å². The lowest BCUT2D eigenvalue weighted by Gasteiger charge is -2.24. The Bertz CT molecular complexity index is 282. The molecule has 0 fully saturated rings. The minimum Gasteiger partial charge on any atom is -0.394 e. The molecule has 0 bridgehead atoms. The summed E-state index contributed by atoms with van der Waals surface area (Å²) in [5.41, 5.74) is 0. The fourth-order valence-electron chi connectivity index (χ4n) is 1.21. The van der Waals surface area contributed by atoms with E-state index in [2.05, 4.69) is 0 Å². The van der Waals surface area contributed by atoms with E-state index in [4.69, 9.17) is 9.84 Å². The number of aliphatic hydroxyl groups is 1. The molecule has 1 N–H and O–H groups in total. The van der Waals surface area contributed by atoms with Gasteiger partial charge in [0.1, 0.15) is 0 Å². The predicted octanol–water partition coefficient (Wildman–Crippen LogP) is -0.0962. The molecule has 0 aliphatic rings. The predicted molar refractivity (Wildman–Crippen MR) is 67.0 cm³/mol. The van der Waals surface area contributed by atoms with Gasteiger partial charge in [-0.05, 0) is 6.42 Å². The topological polar surface area (TPSA) is 70.1 Å². The molecule has 0 aromatic rings. The van der Waals surface area contributed by atoms with Crippen LogP contribution in [0.25, 0.3) is 0 Å². The van der Waals surface area contributed by atoms with Crippen LogP contribution in [0.3, 0.4) is 0 Å². The van der Waals surface area contributed by atoms with Crippen LogP contribution in [0.1, 0.15) is 19.8 Å². The molecule has 0 aromatic carbocycles. The molecule has 0 unspecified atom stereocenters. The van der Waals surface area contributed by atoms with E-state index >= 15 is 0 Å². The van der Waals surface area contributed by atoms with Crippen molar-refractivity contribution >= 4 is 10.2 Å². The van der Waals surface area contributed by atoms with Crippen molar-refractivity contribution in [1.82, 2.24) is 8.61 Å². The second-order valence-corrected chi connectivity index (χ2v) is 5.98. The van der Waals surface area contributed by atoms with Gasteiger partial charge in [-0.2, -0.15) is 17.0 Å². The van der Waals surface area contributed by atoms with Gasteiger partial charge in [-0.25, -0.2) is 0 Å². The summed E-state index contributed by atoms with van der Waals surface area (Å²) in [7, 11) is -0.267. The Hall–Kier alpha value is -0.210. The Kier molecular flexibility index (Phi) is 8.71. The van der Waals surface area contributed by atoms with Gasteiger partial charge in [-0.1, -0.05) is 13.3 Å². The monoisotopic (exact) mass is 268 g/mol. The Morgan fingerprint density at radius 3 is 2.24 bits per heavy atom. The maximum absolute atomic E-state index is 11.9. The fraction of sp³-hybridized carbons (Fsp3) is 1.00. The summed E-state index contributed by atoms with van der Waals surface area (Å²) < 4.78 is 31.5. The lowest BCUT2D eigenvalue weighted by Crippen LogP contribution is -2.41. The molecule has 0 aliphatic carbocycles. The largest absolute Gasteiger partial charge is 0.394 e. The number of hydrogen-bond acceptors (Lipinski definition) is 4. The van der Waals surface area contributed by atoms with Gasteiger partial charge in [0.15, 0.2) is 0 Å². The molecule has 0 amide bonds. The average molecular weight is 268 g/mol. The summed E-state index contributed by atoms with van der Waals surface area (Å²) in [5.74, 6) is 0. The second kappa shape index (κ2) is 8.82. The molecular weight excluding hydrogens is 244 g/mol. The van der Waals surface area contributed by atoms with Gasteiger partial charge >= 0.3 is 0 Å². The van der Waals surface area contributed by atoms with Gasteiger partial charge in [-0.3, -0.25) is 0 Å². The van der Waals surface area contributed by atoms with Gasteiger partial charge in [0.05, 0.1) is 19.8 Å². The molecule has 0 spiro atoms. The van der Waals surface area contributed by atoms with Crippen molar-refractivity contribution in [2.24, 2.45) is 0 Å². The molecular formula is C10H24N2O4S. The quantitative estimate of drug-likeness (QED) is 0.562. The van der Waals surface area contributed by atoms with Crippen molar-refractivity contribution in [1.29, 1.82) is 0 Å². The summed E-state index contributed by atoms with van der Waals surface area (Å²) in [4.78, 5) is 0. The highest BCUT2D eigenvalue weighted by Gasteiger charge is 2.22. The van der Waals surface area contributed by atoms with Crippen molar-refractivity contribution < 1.29 is 18.3 Å². The maximum Gasteiger partial charge on any atom is 0.281 e. The molecule has 0 saturated heterocycles. The zero-order valence-corrected chi connectivity index (χ0v) is 11.7. The highest BCUT2D eigenvalue weighted by Crippen LogP contribution is 2.05. The molecule has 0 aromatic heterocycles. The van der Waals surface area contributed by atoms with E-state index in [0.717, 1.165) is 12.8 Å². The van der Waals surface area contributed by atoms with Crippen molar-refractivity contribution in [2.75, 3.05) is 47.0 Å². The number of aliphatic hydroxyl groups excluding tert-OH is 1. The van der Waals surface area contributed by atoms with E-state index in [9.17, 15) is 8.42 Å². The van der Waals surface area contributed by atoms with Crippen LogP contribution in [0.2, 0.25) is 0 Å². The van der Waals surface area contributed by atoms with Crippen molar-refractivity contribution in [3.8, 4) is 0 Å². The molecule has 0 atom stereocenters. The molecule has 104 valence electrons. The van der Waals surface area contributed by atoms with Crippen molar-refractivity contribution in [2.45, 2.75) is 19.8 Å². The van der Waals surface area contributed by atoms with Gasteiger partial charge in [-0.15, -0.1) is 0 Å². The van der Waals surface area contributed by atoms with Crippen LogP contribution in [-0.4, -0.2) is 69.1 Å². The summed E-state index contributed by atoms with van der Waals surface area (Å²) in [6.07, 6.45) is 1.81. The van der Waals surface area contributed by atoms with Crippen LogP contribution < -0.4 is 0 Å². The maximum atomic E-state index is 11.9. The Morgan fingerprint density at radius 1 is 1.12 bits per heavy atom. The molecule has 17 heavy (non-hydrogen) atoms. The van der Waals surface area contributed by atoms with E-state index in [-0.39, 0.29) is 19.8 Å². The SMILES string of the molecule is CCCCN(C)S(=O)(=O)N(C)CCOCCO. The molecule has 7 heteroatoms. The smallest absolute Gasteiger partial charge is 0.281 e. The van der Waals surface area contributed by atoms with E-state index in [1.54, 1.807) is 7.05 Å². The lowest BCUT2D eigenvalue weighted by atomic mass is 10.3. The first-order valence-electron chi connectivity index (χ1n) is 5.83. The van der Waals surface area contributed by atoms with Gasteiger partial charge in [0.25, 0.3) is 10.2 Å². The number of nitrogens with zero attached hydrogens (tertiary/aromatic N) is 2. The van der Waals surface area contributed by atoms with Crippen molar-refractivity contribution in [3.63, 3.8) is 0 Å². The molecule has 0 rings (SSSR count). The standard InChI is InChI=1S/C10H24N2O4S/c1-4-5-6-11(2)17(14,15)12(3)7-9-16-10-8-13/h13H,4-10H2,1-3H3. The molecule has 0 heterocycles. The zero-order chi connectivity index (χ0) is 13.3. The first kappa shape index (κ1) is 16.8. The highest BCUT2D eigenvalue weighted by atomic mass is 32.2. The van der Waals surface area contributed by atoms with Crippen LogP contribution in [0, 0.1) is 0 Å². The number of rotatable bonds is 10. The Labute approximate surface area is 104 Å². The molecule has 0 aliphatic heterocycles. The summed E-state index contributed by atoms with van der Waals surface area (Å²) >= 11 is 0. The number of hydrogen-bond donors (Lipinski definition) is 1. The van der Waals surface area contributed by atoms with Gasteiger partial charge < -0.3 is 9.84 Å². The van der Waals surface area contributed by atoms with Crippen LogP contribution in [-0.2, 0) is 14.9 Å². The highest BCUT2D eigenvalue weighted by molar-refractivity contribution is 7.86. The van der Waals surface area contributed by atoms with E-state index in [1.807, 2.05) is 6.92 Å². The lowest BCUT2D eigenvalue weighted by molar-refractivity contribution is 0.0871. The van der Waals surface area contributed by atoms with Crippen molar-refractivity contribution in [3.05, 3.63) is 0 Å². The minimum atomic E-state index is -3.37. The average Bonchev–Trinajstić information content (AvgIpc) is 2.31. The van der Waals surface area contributed by atoms with Crippen LogP contribution in [0.4, 0.5) is 0 Å². The van der Waals surface area contributed by atoms with Gasteiger partial charge in [0, 0.05) is 27.2 Å². The summed E-state index contributed by atoms with van der Waals surface area (Å²) in [5, 5.41) is 8.51.